The summed E-state index contributed by atoms with van der Waals surface area (Å²) < 4.78 is 13.6. The minimum atomic E-state index is -0.414. The van der Waals surface area contributed by atoms with E-state index in [9.17, 15) is 9.18 Å². The third-order valence-corrected chi connectivity index (χ3v) is 4.13. The summed E-state index contributed by atoms with van der Waals surface area (Å²) in [5, 5.41) is 2.65. The van der Waals surface area contributed by atoms with E-state index in [-0.39, 0.29) is 18.1 Å². The van der Waals surface area contributed by atoms with Crippen molar-refractivity contribution in [2.75, 3.05) is 16.8 Å². The number of amides is 1. The zero-order valence-corrected chi connectivity index (χ0v) is 12.6. The predicted octanol–water partition coefficient (Wildman–Crippen LogP) is 3.61. The number of nitrogens with one attached hydrogen (secondary N) is 1. The van der Waals surface area contributed by atoms with Gasteiger partial charge in [-0.1, -0.05) is 30.3 Å². The van der Waals surface area contributed by atoms with Gasteiger partial charge in [-0.25, -0.2) is 4.39 Å². The number of hydrogen-bond donors (Lipinski definition) is 1. The second-order valence-corrected chi connectivity index (χ2v) is 5.67. The van der Waals surface area contributed by atoms with Crippen LogP contribution in [0.15, 0.2) is 48.5 Å². The molecule has 0 unspecified atom stereocenters. The number of aryl methyl sites for hydroxylation is 1. The van der Waals surface area contributed by atoms with Crippen molar-refractivity contribution in [2.45, 2.75) is 25.8 Å². The Morgan fingerprint density at radius 2 is 1.95 bits per heavy atom. The number of rotatable bonds is 3. The molecule has 0 aliphatic carbocycles. The van der Waals surface area contributed by atoms with Gasteiger partial charge in [-0.2, -0.15) is 0 Å². The molecule has 2 aromatic carbocycles. The first kappa shape index (κ1) is 14.6. The Hall–Kier alpha value is -2.36. The van der Waals surface area contributed by atoms with Gasteiger partial charge in [0.1, 0.15) is 5.82 Å². The lowest BCUT2D eigenvalue weighted by Gasteiger charge is -2.36. The lowest BCUT2D eigenvalue weighted by atomic mass is 9.96. The van der Waals surface area contributed by atoms with Gasteiger partial charge in [0.2, 0.25) is 5.91 Å². The van der Waals surface area contributed by atoms with Crippen molar-refractivity contribution < 1.29 is 9.18 Å². The molecule has 1 aliphatic heterocycles. The number of para-hydroxylation sites is 2. The molecule has 1 atom stereocenters. The number of anilines is 2. The van der Waals surface area contributed by atoms with E-state index >= 15 is 0 Å². The molecule has 2 aromatic rings. The van der Waals surface area contributed by atoms with Crippen LogP contribution < -0.4 is 10.2 Å². The average Bonchev–Trinajstić information content (AvgIpc) is 2.52. The van der Waals surface area contributed by atoms with E-state index in [4.69, 9.17) is 0 Å². The van der Waals surface area contributed by atoms with Crippen molar-refractivity contribution in [1.82, 2.24) is 0 Å². The fourth-order valence-electron chi connectivity index (χ4n) is 2.91. The van der Waals surface area contributed by atoms with Crippen LogP contribution in [0.4, 0.5) is 15.8 Å². The fraction of sp³-hybridized carbons (Fsp3) is 0.278. The molecule has 4 heteroatoms. The quantitative estimate of drug-likeness (QED) is 0.939. The smallest absolute Gasteiger partial charge is 0.243 e. The molecule has 0 aromatic heterocycles. The van der Waals surface area contributed by atoms with Crippen LogP contribution in [0.5, 0.6) is 0 Å². The third-order valence-electron chi connectivity index (χ3n) is 4.13. The van der Waals surface area contributed by atoms with Crippen molar-refractivity contribution >= 4 is 17.3 Å². The lowest BCUT2D eigenvalue weighted by Crippen LogP contribution is -2.42. The van der Waals surface area contributed by atoms with Gasteiger partial charge in [0.05, 0.1) is 12.2 Å². The predicted molar refractivity (Wildman–Crippen MR) is 86.6 cm³/mol. The van der Waals surface area contributed by atoms with Gasteiger partial charge in [0.25, 0.3) is 0 Å². The van der Waals surface area contributed by atoms with E-state index < -0.39 is 5.82 Å². The summed E-state index contributed by atoms with van der Waals surface area (Å²) in [7, 11) is 0. The number of nitrogens with zero attached hydrogens (tertiary/aromatic N) is 1. The van der Waals surface area contributed by atoms with Crippen molar-refractivity contribution in [2.24, 2.45) is 0 Å². The van der Waals surface area contributed by atoms with E-state index in [1.54, 1.807) is 18.2 Å². The number of benzene rings is 2. The van der Waals surface area contributed by atoms with E-state index in [0.717, 1.165) is 18.5 Å². The van der Waals surface area contributed by atoms with Crippen LogP contribution in [0, 0.1) is 5.82 Å². The minimum absolute atomic E-state index is 0.200. The Morgan fingerprint density at radius 1 is 1.23 bits per heavy atom. The molecule has 22 heavy (non-hydrogen) atoms. The summed E-state index contributed by atoms with van der Waals surface area (Å²) in [6.45, 7) is 2.35. The van der Waals surface area contributed by atoms with Crippen LogP contribution in [0.2, 0.25) is 0 Å². The number of fused-ring (bicyclic) bond motifs is 1. The molecule has 0 fully saturated rings. The molecule has 1 amide bonds. The zero-order valence-electron chi connectivity index (χ0n) is 12.6. The van der Waals surface area contributed by atoms with Gasteiger partial charge in [0, 0.05) is 11.7 Å². The number of carbonyl (C=O) groups is 1. The molecule has 1 aliphatic rings. The first-order chi connectivity index (χ1) is 10.6. The maximum Gasteiger partial charge on any atom is 0.243 e. The standard InChI is InChI=1S/C18H19FN2O/c1-13-10-11-14-6-2-5-9-17(14)21(13)12-18(22)20-16-8-4-3-7-15(16)19/h2-9,13H,10-12H2,1H3,(H,20,22)/t13-/m0/s1. The molecular formula is C18H19FN2O. The molecule has 0 spiro atoms. The Bertz CT molecular complexity index is 686. The van der Waals surface area contributed by atoms with Crippen LogP contribution in [0.3, 0.4) is 0 Å². The molecule has 1 heterocycles. The maximum atomic E-state index is 13.6. The van der Waals surface area contributed by atoms with Gasteiger partial charge in [-0.05, 0) is 43.5 Å². The minimum Gasteiger partial charge on any atom is -0.359 e. The van der Waals surface area contributed by atoms with Crippen molar-refractivity contribution in [3.05, 3.63) is 59.9 Å². The van der Waals surface area contributed by atoms with Crippen molar-refractivity contribution in [1.29, 1.82) is 0 Å². The van der Waals surface area contributed by atoms with Crippen LogP contribution in [-0.2, 0) is 11.2 Å². The molecule has 0 radical (unpaired) electrons. The van der Waals surface area contributed by atoms with Gasteiger partial charge >= 0.3 is 0 Å². The highest BCUT2D eigenvalue weighted by atomic mass is 19.1. The second kappa shape index (κ2) is 6.18. The SMILES string of the molecule is C[C@H]1CCc2ccccc2N1CC(=O)Nc1ccccc1F. The first-order valence-electron chi connectivity index (χ1n) is 7.54. The fourth-order valence-corrected chi connectivity index (χ4v) is 2.91. The summed E-state index contributed by atoms with van der Waals surface area (Å²) in [6, 6.07) is 14.7. The Kier molecular flexibility index (Phi) is 4.09. The van der Waals surface area contributed by atoms with Gasteiger partial charge in [-0.3, -0.25) is 4.79 Å². The maximum absolute atomic E-state index is 13.6. The average molecular weight is 298 g/mol. The van der Waals surface area contributed by atoms with Gasteiger partial charge in [0.15, 0.2) is 0 Å². The van der Waals surface area contributed by atoms with E-state index in [0.29, 0.717) is 6.04 Å². The summed E-state index contributed by atoms with van der Waals surface area (Å²) in [4.78, 5) is 14.4. The molecule has 3 nitrogen and oxygen atoms in total. The van der Waals surface area contributed by atoms with E-state index in [1.807, 2.05) is 18.2 Å². The molecule has 0 bridgehead atoms. The number of halogens is 1. The Balaban J connectivity index is 1.75. The summed E-state index contributed by atoms with van der Waals surface area (Å²) >= 11 is 0. The highest BCUT2D eigenvalue weighted by Gasteiger charge is 2.24. The van der Waals surface area contributed by atoms with Crippen LogP contribution in [-0.4, -0.2) is 18.5 Å². The van der Waals surface area contributed by atoms with E-state index in [2.05, 4.69) is 23.2 Å². The Labute approximate surface area is 129 Å². The van der Waals surface area contributed by atoms with E-state index in [1.165, 1.54) is 11.6 Å². The van der Waals surface area contributed by atoms with Crippen LogP contribution in [0.25, 0.3) is 0 Å². The zero-order chi connectivity index (χ0) is 15.5. The van der Waals surface area contributed by atoms with Crippen molar-refractivity contribution in [3.63, 3.8) is 0 Å². The molecule has 3 rings (SSSR count). The summed E-state index contributed by atoms with van der Waals surface area (Å²) in [5.41, 5.74) is 2.59. The van der Waals surface area contributed by atoms with Gasteiger partial charge < -0.3 is 10.2 Å². The Morgan fingerprint density at radius 3 is 2.77 bits per heavy atom. The summed E-state index contributed by atoms with van der Waals surface area (Å²) in [6.07, 6.45) is 2.05. The summed E-state index contributed by atoms with van der Waals surface area (Å²) in [5.74, 6) is -0.614. The van der Waals surface area contributed by atoms with Crippen LogP contribution in [0.1, 0.15) is 18.9 Å². The topological polar surface area (TPSA) is 32.3 Å². The largest absolute Gasteiger partial charge is 0.359 e. The highest BCUT2D eigenvalue weighted by Crippen LogP contribution is 2.30. The number of carbonyl (C=O) groups excluding carboxylic acids is 1. The molecule has 0 saturated heterocycles. The monoisotopic (exact) mass is 298 g/mol. The molecule has 1 N–H and O–H groups in total. The normalized spacial score (nSPS) is 17.0. The van der Waals surface area contributed by atoms with Crippen molar-refractivity contribution in [3.8, 4) is 0 Å². The number of hydrogen-bond acceptors (Lipinski definition) is 2. The lowest BCUT2D eigenvalue weighted by molar-refractivity contribution is -0.115. The molecule has 0 saturated carbocycles. The highest BCUT2D eigenvalue weighted by molar-refractivity contribution is 5.94. The first-order valence-corrected chi connectivity index (χ1v) is 7.54. The third kappa shape index (κ3) is 2.96. The second-order valence-electron chi connectivity index (χ2n) is 5.67. The molecule has 114 valence electrons. The van der Waals surface area contributed by atoms with Gasteiger partial charge in [-0.15, -0.1) is 0 Å². The van der Waals surface area contributed by atoms with Crippen LogP contribution >= 0.6 is 0 Å². The molecular weight excluding hydrogens is 279 g/mol.